The number of rotatable bonds is 4. The Balaban J connectivity index is 2.64. The minimum Gasteiger partial charge on any atom is -0.396 e. The smallest absolute Gasteiger partial charge is 0.396 e. The molecule has 5 nitrogen and oxygen atoms in total. The van der Waals surface area contributed by atoms with Crippen LogP contribution in [0.3, 0.4) is 0 Å². The van der Waals surface area contributed by atoms with Crippen molar-refractivity contribution in [1.29, 1.82) is 0 Å². The topological polar surface area (TPSA) is 78.4 Å². The lowest BCUT2D eigenvalue weighted by molar-refractivity contribution is -0.137. The maximum absolute atomic E-state index is 12.5. The number of anilines is 1. The van der Waals surface area contributed by atoms with Crippen LogP contribution in [0.1, 0.15) is 12.0 Å². The van der Waals surface area contributed by atoms with E-state index < -0.39 is 23.6 Å². The first-order valence-corrected chi connectivity index (χ1v) is 5.72. The van der Waals surface area contributed by atoms with Crippen LogP contribution < -0.4 is 10.6 Å². The van der Waals surface area contributed by atoms with Crippen molar-refractivity contribution < 1.29 is 27.9 Å². The predicted octanol–water partition coefficient (Wildman–Crippen LogP) is 1.14. The molecule has 0 bridgehead atoms. The van der Waals surface area contributed by atoms with Crippen molar-refractivity contribution in [3.05, 3.63) is 29.8 Å². The quantitative estimate of drug-likeness (QED) is 0.575. The van der Waals surface area contributed by atoms with Crippen LogP contribution in [0, 0.1) is 0 Å². The molecule has 110 valence electrons. The van der Waals surface area contributed by atoms with E-state index in [1.165, 1.54) is 6.07 Å². The average molecular weight is 290 g/mol. The molecular weight excluding hydrogens is 277 g/mol. The van der Waals surface area contributed by atoms with Crippen LogP contribution in [0.25, 0.3) is 0 Å². The molecule has 2 amide bonds. The fraction of sp³-hybridized carbons (Fsp3) is 0.333. The first-order valence-electron chi connectivity index (χ1n) is 5.72. The highest BCUT2D eigenvalue weighted by Gasteiger charge is 2.30. The number of carbonyl (C=O) groups is 2. The molecule has 0 aliphatic heterocycles. The number of hydrogen-bond acceptors (Lipinski definition) is 3. The average Bonchev–Trinajstić information content (AvgIpc) is 2.38. The Hall–Kier alpha value is -2.09. The molecule has 0 saturated carbocycles. The van der Waals surface area contributed by atoms with Crippen molar-refractivity contribution in [1.82, 2.24) is 5.32 Å². The molecule has 0 unspecified atom stereocenters. The summed E-state index contributed by atoms with van der Waals surface area (Å²) in [4.78, 5) is 22.7. The Labute approximate surface area is 112 Å². The number of alkyl halides is 3. The van der Waals surface area contributed by atoms with Crippen LogP contribution in [0.15, 0.2) is 24.3 Å². The Bertz CT molecular complexity index is 489. The summed E-state index contributed by atoms with van der Waals surface area (Å²) in [6.07, 6.45) is -4.24. The summed E-state index contributed by atoms with van der Waals surface area (Å²) in [7, 11) is 0. The summed E-state index contributed by atoms with van der Waals surface area (Å²) < 4.78 is 37.4. The minimum absolute atomic E-state index is 0.103. The number of nitrogens with one attached hydrogen (secondary N) is 2. The summed E-state index contributed by atoms with van der Waals surface area (Å²) in [5, 5.41) is 12.8. The minimum atomic E-state index is -4.52. The third kappa shape index (κ3) is 4.88. The van der Waals surface area contributed by atoms with E-state index in [0.29, 0.717) is 0 Å². The Morgan fingerprint density at radius 2 is 1.90 bits per heavy atom. The lowest BCUT2D eigenvalue weighted by Crippen LogP contribution is -2.36. The van der Waals surface area contributed by atoms with Crippen LogP contribution in [-0.2, 0) is 15.8 Å². The zero-order chi connectivity index (χ0) is 15.2. The Kier molecular flexibility index (Phi) is 5.51. The SMILES string of the molecule is O=C(NCCCO)C(=O)Nc1cccc(C(F)(F)F)c1. The number of carbonyl (C=O) groups excluding carboxylic acids is 2. The first-order chi connectivity index (χ1) is 9.34. The van der Waals surface area contributed by atoms with Crippen molar-refractivity contribution in [3.63, 3.8) is 0 Å². The van der Waals surface area contributed by atoms with E-state index in [2.05, 4.69) is 10.6 Å². The number of aliphatic hydroxyl groups is 1. The van der Waals surface area contributed by atoms with E-state index in [-0.39, 0.29) is 25.3 Å². The third-order valence-corrected chi connectivity index (χ3v) is 2.27. The largest absolute Gasteiger partial charge is 0.416 e. The molecule has 1 aromatic rings. The van der Waals surface area contributed by atoms with Crippen molar-refractivity contribution in [2.45, 2.75) is 12.6 Å². The highest BCUT2D eigenvalue weighted by atomic mass is 19.4. The van der Waals surface area contributed by atoms with E-state index in [0.717, 1.165) is 18.2 Å². The number of benzene rings is 1. The number of halogens is 3. The van der Waals surface area contributed by atoms with Crippen LogP contribution in [0.5, 0.6) is 0 Å². The van der Waals surface area contributed by atoms with Gasteiger partial charge in [0.25, 0.3) is 0 Å². The van der Waals surface area contributed by atoms with Gasteiger partial charge in [-0.1, -0.05) is 6.07 Å². The van der Waals surface area contributed by atoms with Gasteiger partial charge in [-0.3, -0.25) is 9.59 Å². The van der Waals surface area contributed by atoms with E-state index in [9.17, 15) is 22.8 Å². The van der Waals surface area contributed by atoms with Gasteiger partial charge in [0.2, 0.25) is 0 Å². The molecule has 0 aliphatic rings. The first kappa shape index (κ1) is 16.0. The summed E-state index contributed by atoms with van der Waals surface area (Å²) >= 11 is 0. The second-order valence-corrected chi connectivity index (χ2v) is 3.87. The number of hydrogen-bond donors (Lipinski definition) is 3. The molecule has 0 fully saturated rings. The molecule has 1 aromatic carbocycles. The molecule has 3 N–H and O–H groups in total. The summed E-state index contributed by atoms with van der Waals surface area (Å²) in [6, 6.07) is 3.96. The molecule has 0 aliphatic carbocycles. The van der Waals surface area contributed by atoms with Gasteiger partial charge in [-0.15, -0.1) is 0 Å². The van der Waals surface area contributed by atoms with Gasteiger partial charge in [0.05, 0.1) is 5.56 Å². The van der Waals surface area contributed by atoms with E-state index in [1.54, 1.807) is 0 Å². The van der Waals surface area contributed by atoms with E-state index in [4.69, 9.17) is 5.11 Å². The van der Waals surface area contributed by atoms with Crippen LogP contribution in [0.4, 0.5) is 18.9 Å². The molecule has 20 heavy (non-hydrogen) atoms. The standard InChI is InChI=1S/C12H13F3N2O3/c13-12(14,15)8-3-1-4-9(7-8)17-11(20)10(19)16-5-2-6-18/h1,3-4,7,18H,2,5-6H2,(H,16,19)(H,17,20). The fourth-order valence-electron chi connectivity index (χ4n) is 1.32. The lowest BCUT2D eigenvalue weighted by Gasteiger charge is -2.09. The maximum Gasteiger partial charge on any atom is 0.416 e. The van der Waals surface area contributed by atoms with Gasteiger partial charge in [-0.05, 0) is 24.6 Å². The van der Waals surface area contributed by atoms with Gasteiger partial charge in [-0.25, -0.2) is 0 Å². The van der Waals surface area contributed by atoms with E-state index in [1.807, 2.05) is 0 Å². The summed E-state index contributed by atoms with van der Waals surface area (Å²) in [5.41, 5.74) is -1.04. The Morgan fingerprint density at radius 1 is 1.20 bits per heavy atom. The van der Waals surface area contributed by atoms with Crippen molar-refractivity contribution in [2.75, 3.05) is 18.5 Å². The fourth-order valence-corrected chi connectivity index (χ4v) is 1.32. The van der Waals surface area contributed by atoms with Crippen molar-refractivity contribution in [3.8, 4) is 0 Å². The van der Waals surface area contributed by atoms with Crippen LogP contribution >= 0.6 is 0 Å². The summed E-state index contributed by atoms with van der Waals surface area (Å²) in [5.74, 6) is -2.04. The van der Waals surface area contributed by atoms with Crippen LogP contribution in [0.2, 0.25) is 0 Å². The van der Waals surface area contributed by atoms with Crippen molar-refractivity contribution in [2.24, 2.45) is 0 Å². The molecule has 0 radical (unpaired) electrons. The molecule has 0 heterocycles. The van der Waals surface area contributed by atoms with Gasteiger partial charge in [0.1, 0.15) is 0 Å². The zero-order valence-corrected chi connectivity index (χ0v) is 10.3. The maximum atomic E-state index is 12.5. The molecule has 0 saturated heterocycles. The predicted molar refractivity (Wildman–Crippen MR) is 64.8 cm³/mol. The van der Waals surface area contributed by atoms with Gasteiger partial charge in [0.15, 0.2) is 0 Å². The van der Waals surface area contributed by atoms with Gasteiger partial charge in [0, 0.05) is 18.8 Å². The lowest BCUT2D eigenvalue weighted by atomic mass is 10.2. The number of amides is 2. The molecule has 1 rings (SSSR count). The summed E-state index contributed by atoms with van der Waals surface area (Å²) in [6.45, 7) is -0.0408. The second-order valence-electron chi connectivity index (χ2n) is 3.87. The van der Waals surface area contributed by atoms with Gasteiger partial charge >= 0.3 is 18.0 Å². The molecule has 8 heteroatoms. The third-order valence-electron chi connectivity index (χ3n) is 2.27. The van der Waals surface area contributed by atoms with Crippen LogP contribution in [-0.4, -0.2) is 30.1 Å². The highest BCUT2D eigenvalue weighted by Crippen LogP contribution is 2.30. The monoisotopic (exact) mass is 290 g/mol. The highest BCUT2D eigenvalue weighted by molar-refractivity contribution is 6.39. The molecule has 0 aromatic heterocycles. The molecule has 0 atom stereocenters. The normalized spacial score (nSPS) is 11.0. The van der Waals surface area contributed by atoms with Gasteiger partial charge < -0.3 is 15.7 Å². The molecular formula is C12H13F3N2O3. The number of aliphatic hydroxyl groups excluding tert-OH is 1. The zero-order valence-electron chi connectivity index (χ0n) is 10.3. The molecule has 0 spiro atoms. The Morgan fingerprint density at radius 3 is 2.50 bits per heavy atom. The van der Waals surface area contributed by atoms with Gasteiger partial charge in [-0.2, -0.15) is 13.2 Å². The van der Waals surface area contributed by atoms with E-state index >= 15 is 0 Å². The second kappa shape index (κ2) is 6.90. The van der Waals surface area contributed by atoms with Crippen molar-refractivity contribution >= 4 is 17.5 Å².